The molecule has 0 amide bonds. The van der Waals surface area contributed by atoms with Crippen LogP contribution in [0.1, 0.15) is 38.9 Å². The highest BCUT2D eigenvalue weighted by atomic mass is 16.6. The maximum atomic E-state index is 5.60. The Morgan fingerprint density at radius 1 is 0.385 bits per heavy atom. The number of hydrogen-bond donors (Lipinski definition) is 1. The summed E-state index contributed by atoms with van der Waals surface area (Å²) >= 11 is 0. The second kappa shape index (κ2) is 19.5. The average Bonchev–Trinajstić information content (AvgIpc) is 3.17. The Balaban J connectivity index is 0.000000190. The fourth-order valence-electron chi connectivity index (χ4n) is 5.27. The van der Waals surface area contributed by atoms with Crippen LogP contribution in [0.15, 0.2) is 127 Å². The van der Waals surface area contributed by atoms with Gasteiger partial charge in [0.1, 0.15) is 23.0 Å². The molecule has 0 aliphatic rings. The van der Waals surface area contributed by atoms with Crippen LogP contribution in [0.4, 0.5) is 5.69 Å². The highest BCUT2D eigenvalue weighted by Gasteiger charge is 2.08. The standard InChI is InChI=1S/C21H21NO2.C16H18O2.C9H12O/c1-16-3-9-19(10-4-16)22-24-21-13-7-18(8-14-21)15-17-5-11-20(23-2)12-6-17;1-11-5-7-13(17-3)9-15(11)16-10-14(18-4)8-6-12(16)2;1-7-4-5-9(10-3)6-8(7)2/h3-14,22H,15H2,1-2H3;5-10H,1-4H3;4-6H,1-3H3. The molecule has 0 unspecified atom stereocenters. The quantitative estimate of drug-likeness (QED) is 0.144. The third-order valence-corrected chi connectivity index (χ3v) is 8.72. The molecule has 0 saturated carbocycles. The van der Waals surface area contributed by atoms with E-state index in [1.807, 2.05) is 72.8 Å². The van der Waals surface area contributed by atoms with Gasteiger partial charge in [0.25, 0.3) is 0 Å². The number of rotatable bonds is 10. The van der Waals surface area contributed by atoms with Crippen molar-refractivity contribution in [2.75, 3.05) is 33.9 Å². The van der Waals surface area contributed by atoms with Crippen molar-refractivity contribution in [3.63, 3.8) is 0 Å². The lowest BCUT2D eigenvalue weighted by Gasteiger charge is -2.12. The van der Waals surface area contributed by atoms with Crippen LogP contribution in [0.3, 0.4) is 0 Å². The van der Waals surface area contributed by atoms with Crippen LogP contribution >= 0.6 is 0 Å². The Hall–Kier alpha value is -5.88. The van der Waals surface area contributed by atoms with E-state index in [1.54, 1.807) is 28.4 Å². The van der Waals surface area contributed by atoms with E-state index in [4.69, 9.17) is 23.8 Å². The molecule has 0 bridgehead atoms. The summed E-state index contributed by atoms with van der Waals surface area (Å²) < 4.78 is 20.8. The smallest absolute Gasteiger partial charge is 0.155 e. The molecule has 6 aromatic carbocycles. The van der Waals surface area contributed by atoms with Gasteiger partial charge < -0.3 is 23.8 Å². The van der Waals surface area contributed by atoms with Crippen molar-refractivity contribution < 1.29 is 23.8 Å². The molecule has 6 heteroatoms. The zero-order valence-electron chi connectivity index (χ0n) is 31.9. The Labute approximate surface area is 309 Å². The SMILES string of the molecule is COc1ccc(C)c(-c2cc(OC)ccc2C)c1.COc1ccc(C)c(C)c1.COc1ccc(Cc2ccc(ONc3ccc(C)cc3)cc2)cc1. The summed E-state index contributed by atoms with van der Waals surface area (Å²) in [5.41, 5.74) is 15.0. The van der Waals surface area contributed by atoms with Crippen LogP contribution in [-0.4, -0.2) is 28.4 Å². The summed E-state index contributed by atoms with van der Waals surface area (Å²) in [7, 11) is 6.74. The van der Waals surface area contributed by atoms with Gasteiger partial charge in [-0.1, -0.05) is 60.2 Å². The van der Waals surface area contributed by atoms with Gasteiger partial charge in [-0.15, -0.1) is 0 Å². The first-order valence-corrected chi connectivity index (χ1v) is 17.2. The van der Waals surface area contributed by atoms with Gasteiger partial charge in [-0.3, -0.25) is 0 Å². The van der Waals surface area contributed by atoms with E-state index in [9.17, 15) is 0 Å². The van der Waals surface area contributed by atoms with Gasteiger partial charge >= 0.3 is 0 Å². The summed E-state index contributed by atoms with van der Waals surface area (Å²) in [5, 5.41) is 0. The predicted molar refractivity (Wildman–Crippen MR) is 215 cm³/mol. The maximum absolute atomic E-state index is 5.60. The molecule has 0 saturated heterocycles. The topological polar surface area (TPSA) is 58.2 Å². The summed E-state index contributed by atoms with van der Waals surface area (Å²) in [6.07, 6.45) is 0.885. The van der Waals surface area contributed by atoms with Gasteiger partial charge in [0.15, 0.2) is 5.75 Å². The second-order valence-corrected chi connectivity index (χ2v) is 12.6. The van der Waals surface area contributed by atoms with Crippen LogP contribution in [0.5, 0.6) is 28.7 Å². The number of aryl methyl sites for hydroxylation is 5. The first kappa shape index (κ1) is 38.9. The van der Waals surface area contributed by atoms with E-state index in [-0.39, 0.29) is 0 Å². The van der Waals surface area contributed by atoms with E-state index in [0.29, 0.717) is 0 Å². The molecule has 6 rings (SSSR count). The van der Waals surface area contributed by atoms with Gasteiger partial charge in [0, 0.05) is 0 Å². The van der Waals surface area contributed by atoms with Gasteiger partial charge in [-0.25, -0.2) is 5.48 Å². The molecule has 6 aromatic rings. The number of methoxy groups -OCH3 is 4. The molecule has 0 fully saturated rings. The largest absolute Gasteiger partial charge is 0.497 e. The number of anilines is 1. The Morgan fingerprint density at radius 3 is 1.23 bits per heavy atom. The minimum Gasteiger partial charge on any atom is -0.497 e. The van der Waals surface area contributed by atoms with Crippen molar-refractivity contribution >= 4 is 5.69 Å². The molecular formula is C46H51NO5. The van der Waals surface area contributed by atoms with Gasteiger partial charge in [0.2, 0.25) is 0 Å². The lowest BCUT2D eigenvalue weighted by Crippen LogP contribution is -2.04. The molecule has 0 aromatic heterocycles. The number of hydrogen-bond acceptors (Lipinski definition) is 6. The van der Waals surface area contributed by atoms with Crippen molar-refractivity contribution in [1.29, 1.82) is 0 Å². The Bertz CT molecular complexity index is 1930. The van der Waals surface area contributed by atoms with Crippen molar-refractivity contribution in [3.8, 4) is 39.9 Å². The van der Waals surface area contributed by atoms with E-state index >= 15 is 0 Å². The zero-order valence-corrected chi connectivity index (χ0v) is 31.9. The third-order valence-electron chi connectivity index (χ3n) is 8.72. The van der Waals surface area contributed by atoms with Crippen molar-refractivity contribution in [1.82, 2.24) is 0 Å². The van der Waals surface area contributed by atoms with Crippen molar-refractivity contribution in [3.05, 3.63) is 166 Å². The number of benzene rings is 6. The van der Waals surface area contributed by atoms with Crippen molar-refractivity contribution in [2.24, 2.45) is 0 Å². The molecule has 0 atom stereocenters. The summed E-state index contributed by atoms with van der Waals surface area (Å²) in [5.74, 6) is 4.34. The number of nitrogens with one attached hydrogen (secondary N) is 1. The molecule has 0 aliphatic carbocycles. The van der Waals surface area contributed by atoms with Crippen LogP contribution in [-0.2, 0) is 6.42 Å². The number of ether oxygens (including phenoxy) is 4. The molecule has 6 nitrogen and oxygen atoms in total. The fourth-order valence-corrected chi connectivity index (χ4v) is 5.27. The van der Waals surface area contributed by atoms with E-state index < -0.39 is 0 Å². The van der Waals surface area contributed by atoms with Gasteiger partial charge in [-0.2, -0.15) is 0 Å². The monoisotopic (exact) mass is 697 g/mol. The van der Waals surface area contributed by atoms with Crippen LogP contribution < -0.4 is 29.3 Å². The molecule has 0 spiro atoms. The molecule has 0 heterocycles. The molecule has 52 heavy (non-hydrogen) atoms. The summed E-state index contributed by atoms with van der Waals surface area (Å²) in [6.45, 7) is 10.4. The van der Waals surface area contributed by atoms with Gasteiger partial charge in [0.05, 0.1) is 34.1 Å². The van der Waals surface area contributed by atoms with Crippen LogP contribution in [0.2, 0.25) is 0 Å². The first-order valence-electron chi connectivity index (χ1n) is 17.2. The Morgan fingerprint density at radius 2 is 0.788 bits per heavy atom. The third kappa shape index (κ3) is 11.6. The van der Waals surface area contributed by atoms with E-state index in [1.165, 1.54) is 50.1 Å². The van der Waals surface area contributed by atoms with E-state index in [0.717, 1.165) is 40.9 Å². The van der Waals surface area contributed by atoms with Gasteiger partial charge in [-0.05, 0) is 158 Å². The van der Waals surface area contributed by atoms with E-state index in [2.05, 4.69) is 94.7 Å². The zero-order chi connectivity index (χ0) is 37.5. The fraction of sp³-hybridized carbons (Fsp3) is 0.217. The lowest BCUT2D eigenvalue weighted by atomic mass is 9.96. The molecule has 0 aliphatic heterocycles. The second-order valence-electron chi connectivity index (χ2n) is 12.6. The first-order chi connectivity index (χ1) is 25.1. The molecular weight excluding hydrogens is 647 g/mol. The highest BCUT2D eigenvalue weighted by Crippen LogP contribution is 2.32. The molecule has 1 N–H and O–H groups in total. The Kier molecular flexibility index (Phi) is 14.6. The normalized spacial score (nSPS) is 10.1. The summed E-state index contributed by atoms with van der Waals surface area (Å²) in [6, 6.07) is 42.6. The van der Waals surface area contributed by atoms with Crippen LogP contribution in [0.25, 0.3) is 11.1 Å². The average molecular weight is 698 g/mol. The molecule has 0 radical (unpaired) electrons. The predicted octanol–water partition coefficient (Wildman–Crippen LogP) is 11.3. The highest BCUT2D eigenvalue weighted by molar-refractivity contribution is 5.73. The molecule has 270 valence electrons. The lowest BCUT2D eigenvalue weighted by molar-refractivity contribution is 0.405. The maximum Gasteiger partial charge on any atom is 0.155 e. The van der Waals surface area contributed by atoms with Crippen molar-refractivity contribution in [2.45, 2.75) is 41.0 Å². The van der Waals surface area contributed by atoms with Crippen LogP contribution in [0, 0.1) is 34.6 Å². The minimum atomic E-state index is 0.786. The summed E-state index contributed by atoms with van der Waals surface area (Å²) in [4.78, 5) is 5.60. The minimum absolute atomic E-state index is 0.786.